The Hall–Kier alpha value is -0.950. The molecule has 0 bridgehead atoms. The molecule has 0 radical (unpaired) electrons. The number of hydrogen-bond acceptors (Lipinski definition) is 4. The number of nitrogens with zero attached hydrogens (tertiary/aromatic N) is 1. The van der Waals surface area contributed by atoms with Crippen molar-refractivity contribution >= 4 is 23.6 Å². The highest BCUT2D eigenvalue weighted by atomic mass is 32.2. The minimum Gasteiger partial charge on any atom is -0.381 e. The smallest absolute Gasteiger partial charge is 0.223 e. The van der Waals surface area contributed by atoms with E-state index in [0.29, 0.717) is 6.04 Å². The van der Waals surface area contributed by atoms with Crippen LogP contribution in [0.4, 0.5) is 0 Å². The lowest BCUT2D eigenvalue weighted by molar-refractivity contribution is -0.126. The Morgan fingerprint density at radius 2 is 2.04 bits per heavy atom. The quantitative estimate of drug-likeness (QED) is 0.483. The van der Waals surface area contributed by atoms with Crippen molar-refractivity contribution in [2.75, 3.05) is 33.1 Å². The van der Waals surface area contributed by atoms with Crippen LogP contribution in [0.15, 0.2) is 4.99 Å². The molecular formula is C19H36N4O2S. The number of hydrogen-bond donors (Lipinski definition) is 3. The zero-order chi connectivity index (χ0) is 19.0. The first kappa shape index (κ1) is 21.4. The first-order valence-corrected chi connectivity index (χ1v) is 11.1. The van der Waals surface area contributed by atoms with Crippen molar-refractivity contribution in [3.8, 4) is 0 Å². The van der Waals surface area contributed by atoms with Gasteiger partial charge in [0.2, 0.25) is 5.91 Å². The molecule has 2 aliphatic rings. The molecule has 1 heterocycles. The van der Waals surface area contributed by atoms with E-state index in [4.69, 9.17) is 4.74 Å². The second-order valence-electron chi connectivity index (χ2n) is 7.79. The second kappa shape index (κ2) is 10.4. The van der Waals surface area contributed by atoms with Crippen LogP contribution in [0.1, 0.15) is 52.4 Å². The molecule has 1 amide bonds. The summed E-state index contributed by atoms with van der Waals surface area (Å²) in [5, 5.41) is 10.1. The summed E-state index contributed by atoms with van der Waals surface area (Å²) >= 11 is 1.92. The van der Waals surface area contributed by atoms with Gasteiger partial charge in [-0.25, -0.2) is 0 Å². The van der Waals surface area contributed by atoms with Crippen molar-refractivity contribution in [2.45, 2.75) is 69.2 Å². The third-order valence-electron chi connectivity index (χ3n) is 5.46. The van der Waals surface area contributed by atoms with Crippen LogP contribution in [-0.4, -0.2) is 61.8 Å². The summed E-state index contributed by atoms with van der Waals surface area (Å²) < 4.78 is 5.74. The van der Waals surface area contributed by atoms with Crippen molar-refractivity contribution < 1.29 is 9.53 Å². The Bertz CT molecular complexity index is 478. The minimum atomic E-state index is 0.106. The van der Waals surface area contributed by atoms with Gasteiger partial charge in [-0.15, -0.1) is 0 Å². The number of nitrogens with one attached hydrogen (secondary N) is 3. The zero-order valence-corrected chi connectivity index (χ0v) is 17.6. The van der Waals surface area contributed by atoms with E-state index in [9.17, 15) is 4.79 Å². The standard InChI is InChI=1S/C19H36N4O2S/c1-14(2)22-17(24)15-6-5-7-16(12-15)23-18(20-3)21-13-19(26-4)8-10-25-11-9-19/h14-16H,5-13H2,1-4H3,(H,22,24)(H2,20,21,23). The normalized spacial score (nSPS) is 26.4. The highest BCUT2D eigenvalue weighted by Gasteiger charge is 2.32. The van der Waals surface area contributed by atoms with Gasteiger partial charge in [-0.3, -0.25) is 9.79 Å². The molecule has 2 atom stereocenters. The number of rotatable bonds is 6. The van der Waals surface area contributed by atoms with E-state index in [1.54, 1.807) is 0 Å². The lowest BCUT2D eigenvalue weighted by Gasteiger charge is -2.37. The van der Waals surface area contributed by atoms with Crippen LogP contribution in [0.2, 0.25) is 0 Å². The average molecular weight is 385 g/mol. The molecule has 2 rings (SSSR count). The molecule has 26 heavy (non-hydrogen) atoms. The lowest BCUT2D eigenvalue weighted by atomic mass is 9.85. The van der Waals surface area contributed by atoms with E-state index < -0.39 is 0 Å². The van der Waals surface area contributed by atoms with E-state index >= 15 is 0 Å². The van der Waals surface area contributed by atoms with Crippen molar-refractivity contribution in [3.05, 3.63) is 0 Å². The molecule has 1 aliphatic carbocycles. The van der Waals surface area contributed by atoms with Crippen LogP contribution in [0.3, 0.4) is 0 Å². The number of aliphatic imine (C=N–C) groups is 1. The molecule has 3 N–H and O–H groups in total. The van der Waals surface area contributed by atoms with Crippen molar-refractivity contribution in [3.63, 3.8) is 0 Å². The van der Waals surface area contributed by atoms with Crippen molar-refractivity contribution in [1.82, 2.24) is 16.0 Å². The second-order valence-corrected chi connectivity index (χ2v) is 9.07. The fraction of sp³-hybridized carbons (Fsp3) is 0.895. The van der Waals surface area contributed by atoms with Gasteiger partial charge in [0.25, 0.3) is 0 Å². The maximum atomic E-state index is 12.3. The predicted octanol–water partition coefficient (Wildman–Crippen LogP) is 2.15. The van der Waals surface area contributed by atoms with Crippen LogP contribution in [0.5, 0.6) is 0 Å². The number of ether oxygens (including phenoxy) is 1. The van der Waals surface area contributed by atoms with Gasteiger partial charge in [0.15, 0.2) is 5.96 Å². The molecule has 0 aromatic heterocycles. The molecule has 1 saturated carbocycles. The first-order valence-electron chi connectivity index (χ1n) is 9.88. The highest BCUT2D eigenvalue weighted by Crippen LogP contribution is 2.33. The summed E-state index contributed by atoms with van der Waals surface area (Å²) in [7, 11) is 1.82. The van der Waals surface area contributed by atoms with E-state index in [1.165, 1.54) is 0 Å². The number of carbonyl (C=O) groups excluding carboxylic acids is 1. The Balaban J connectivity index is 1.84. The Kier molecular flexibility index (Phi) is 8.54. The van der Waals surface area contributed by atoms with Gasteiger partial charge in [-0.2, -0.15) is 11.8 Å². The van der Waals surface area contributed by atoms with E-state index in [2.05, 4.69) is 27.2 Å². The van der Waals surface area contributed by atoms with Crippen molar-refractivity contribution in [2.24, 2.45) is 10.9 Å². The largest absolute Gasteiger partial charge is 0.381 e. The fourth-order valence-corrected chi connectivity index (χ4v) is 4.58. The van der Waals surface area contributed by atoms with Gasteiger partial charge < -0.3 is 20.7 Å². The molecule has 0 aromatic carbocycles. The Morgan fingerprint density at radius 1 is 1.31 bits per heavy atom. The van der Waals surface area contributed by atoms with Gasteiger partial charge in [0.05, 0.1) is 0 Å². The molecule has 2 unspecified atom stereocenters. The summed E-state index contributed by atoms with van der Waals surface area (Å²) in [5.41, 5.74) is 0. The van der Waals surface area contributed by atoms with Gasteiger partial charge in [-0.1, -0.05) is 6.42 Å². The summed E-state index contributed by atoms with van der Waals surface area (Å²) in [6, 6.07) is 0.505. The maximum Gasteiger partial charge on any atom is 0.223 e. The first-order chi connectivity index (χ1) is 12.5. The van der Waals surface area contributed by atoms with E-state index in [-0.39, 0.29) is 22.6 Å². The monoisotopic (exact) mass is 384 g/mol. The molecule has 150 valence electrons. The molecule has 1 saturated heterocycles. The summed E-state index contributed by atoms with van der Waals surface area (Å²) in [4.78, 5) is 16.7. The van der Waals surface area contributed by atoms with Gasteiger partial charge in [0, 0.05) is 49.6 Å². The van der Waals surface area contributed by atoms with Gasteiger partial charge in [-0.05, 0) is 52.2 Å². The topological polar surface area (TPSA) is 74.8 Å². The molecule has 6 nitrogen and oxygen atoms in total. The molecular weight excluding hydrogens is 348 g/mol. The fourth-order valence-electron chi connectivity index (χ4n) is 3.79. The SMILES string of the molecule is CN=C(NCC1(SC)CCOCC1)NC1CCCC(C(=O)NC(C)C)C1. The third kappa shape index (κ3) is 6.34. The molecule has 0 spiro atoms. The van der Waals surface area contributed by atoms with Crippen LogP contribution in [-0.2, 0) is 9.53 Å². The summed E-state index contributed by atoms with van der Waals surface area (Å²) in [6.45, 7) is 6.59. The summed E-state index contributed by atoms with van der Waals surface area (Å²) in [5.74, 6) is 1.15. The minimum absolute atomic E-state index is 0.106. The van der Waals surface area contributed by atoms with Crippen LogP contribution in [0, 0.1) is 5.92 Å². The zero-order valence-electron chi connectivity index (χ0n) is 16.8. The lowest BCUT2D eigenvalue weighted by Crippen LogP contribution is -2.51. The number of amides is 1. The molecule has 0 aromatic rings. The van der Waals surface area contributed by atoms with Crippen molar-refractivity contribution in [1.29, 1.82) is 0 Å². The van der Waals surface area contributed by atoms with Crippen LogP contribution in [0.25, 0.3) is 0 Å². The number of thioether (sulfide) groups is 1. The Morgan fingerprint density at radius 3 is 2.65 bits per heavy atom. The number of carbonyl (C=O) groups is 1. The van der Waals surface area contributed by atoms with Crippen LogP contribution >= 0.6 is 11.8 Å². The summed E-state index contributed by atoms with van der Waals surface area (Å²) in [6.07, 6.45) is 8.35. The molecule has 2 fully saturated rings. The average Bonchev–Trinajstić information content (AvgIpc) is 2.65. The van der Waals surface area contributed by atoms with E-state index in [1.807, 2.05) is 32.7 Å². The Labute approximate surface area is 162 Å². The third-order valence-corrected chi connectivity index (χ3v) is 6.87. The maximum absolute atomic E-state index is 12.3. The van der Waals surface area contributed by atoms with Crippen LogP contribution < -0.4 is 16.0 Å². The van der Waals surface area contributed by atoms with E-state index in [0.717, 1.165) is 64.2 Å². The highest BCUT2D eigenvalue weighted by molar-refractivity contribution is 8.00. The van der Waals surface area contributed by atoms with Gasteiger partial charge in [0.1, 0.15) is 0 Å². The van der Waals surface area contributed by atoms with Gasteiger partial charge >= 0.3 is 0 Å². The number of guanidine groups is 1. The molecule has 1 aliphatic heterocycles. The predicted molar refractivity (Wildman–Crippen MR) is 110 cm³/mol. The molecule has 7 heteroatoms.